The molecule has 0 bridgehead atoms. The third-order valence-electron chi connectivity index (χ3n) is 4.00. The smallest absolute Gasteiger partial charge is 0.312 e. The summed E-state index contributed by atoms with van der Waals surface area (Å²) >= 11 is 0. The van der Waals surface area contributed by atoms with Gasteiger partial charge in [0.25, 0.3) is 0 Å². The number of hydrogen-bond acceptors (Lipinski definition) is 4. The average Bonchev–Trinajstić information content (AvgIpc) is 2.46. The highest BCUT2D eigenvalue weighted by Crippen LogP contribution is 2.20. The molecule has 5 heteroatoms. The normalized spacial score (nSPS) is 22.6. The van der Waals surface area contributed by atoms with Gasteiger partial charge in [-0.2, -0.15) is 0 Å². The molecule has 110 valence electrons. The van der Waals surface area contributed by atoms with Gasteiger partial charge in [-0.25, -0.2) is 0 Å². The van der Waals surface area contributed by atoms with Crippen molar-refractivity contribution < 1.29 is 9.90 Å². The van der Waals surface area contributed by atoms with Crippen LogP contribution in [0, 0.1) is 0 Å². The largest absolute Gasteiger partial charge is 0.481 e. The maximum Gasteiger partial charge on any atom is 0.312 e. The number of aliphatic carboxylic acids is 1. The monoisotopic (exact) mass is 277 g/mol. The fourth-order valence-corrected chi connectivity index (χ4v) is 2.76. The van der Waals surface area contributed by atoms with Crippen molar-refractivity contribution in [2.45, 2.75) is 12.0 Å². The van der Waals surface area contributed by atoms with Gasteiger partial charge in [0.2, 0.25) is 0 Å². The van der Waals surface area contributed by atoms with Crippen molar-refractivity contribution in [1.82, 2.24) is 9.80 Å². The quantitative estimate of drug-likeness (QED) is 0.817. The first-order chi connectivity index (χ1) is 9.61. The van der Waals surface area contributed by atoms with Gasteiger partial charge in [-0.3, -0.25) is 9.69 Å². The summed E-state index contributed by atoms with van der Waals surface area (Å²) in [5.41, 5.74) is 6.69. The summed E-state index contributed by atoms with van der Waals surface area (Å²) in [5, 5.41) is 9.50. The van der Waals surface area contributed by atoms with E-state index in [1.54, 1.807) is 0 Å². The van der Waals surface area contributed by atoms with Crippen LogP contribution in [-0.2, 0) is 4.79 Å². The van der Waals surface area contributed by atoms with E-state index in [9.17, 15) is 9.90 Å². The van der Waals surface area contributed by atoms with Crippen LogP contribution in [0.3, 0.4) is 0 Å². The van der Waals surface area contributed by atoms with E-state index in [-0.39, 0.29) is 6.04 Å². The van der Waals surface area contributed by atoms with Gasteiger partial charge in [-0.05, 0) is 12.6 Å². The molecule has 5 nitrogen and oxygen atoms in total. The van der Waals surface area contributed by atoms with Gasteiger partial charge in [0.15, 0.2) is 0 Å². The number of hydrogen-bond donors (Lipinski definition) is 2. The Balaban J connectivity index is 2.10. The molecule has 1 aromatic carbocycles. The van der Waals surface area contributed by atoms with Crippen LogP contribution in [-0.4, -0.2) is 66.7 Å². The summed E-state index contributed by atoms with van der Waals surface area (Å²) in [6, 6.07) is 9.67. The van der Waals surface area contributed by atoms with Crippen LogP contribution in [0.1, 0.15) is 11.5 Å². The maximum atomic E-state index is 11.6. The molecule has 0 radical (unpaired) electrons. The van der Waals surface area contributed by atoms with Crippen molar-refractivity contribution in [1.29, 1.82) is 0 Å². The third kappa shape index (κ3) is 3.56. The lowest BCUT2D eigenvalue weighted by atomic mass is 9.97. The molecule has 1 saturated heterocycles. The van der Waals surface area contributed by atoms with Crippen LogP contribution < -0.4 is 5.73 Å². The summed E-state index contributed by atoms with van der Waals surface area (Å²) in [4.78, 5) is 16.0. The van der Waals surface area contributed by atoms with E-state index in [0.29, 0.717) is 13.1 Å². The SMILES string of the molecule is CN1CCN(CC(C(=O)O)c2ccccc2)C(CN)C1. The number of carboxylic acids is 1. The molecule has 1 aliphatic heterocycles. The first-order valence-corrected chi connectivity index (χ1v) is 7.02. The molecule has 0 spiro atoms. The van der Waals surface area contributed by atoms with Crippen LogP contribution in [0.4, 0.5) is 0 Å². The van der Waals surface area contributed by atoms with Crippen molar-refractivity contribution in [3.05, 3.63) is 35.9 Å². The Bertz CT molecular complexity index is 438. The maximum absolute atomic E-state index is 11.6. The van der Waals surface area contributed by atoms with E-state index < -0.39 is 11.9 Å². The minimum absolute atomic E-state index is 0.235. The number of nitrogens with two attached hydrogens (primary N) is 1. The Morgan fingerprint density at radius 3 is 2.70 bits per heavy atom. The topological polar surface area (TPSA) is 69.8 Å². The van der Waals surface area contributed by atoms with Crippen LogP contribution in [0.2, 0.25) is 0 Å². The van der Waals surface area contributed by atoms with Crippen LogP contribution in [0.5, 0.6) is 0 Å². The van der Waals surface area contributed by atoms with Crippen molar-refractivity contribution >= 4 is 5.97 Å². The number of likely N-dealkylation sites (N-methyl/N-ethyl adjacent to an activating group) is 1. The highest BCUT2D eigenvalue weighted by atomic mass is 16.4. The summed E-state index contributed by atoms with van der Waals surface area (Å²) in [6.07, 6.45) is 0. The van der Waals surface area contributed by atoms with E-state index >= 15 is 0 Å². The standard InChI is InChI=1S/C15H23N3O2/c1-17-7-8-18(13(9-16)10-17)11-14(15(19)20)12-5-3-2-4-6-12/h2-6,13-14H,7-11,16H2,1H3,(H,19,20). The molecule has 1 heterocycles. The summed E-state index contributed by atoms with van der Waals surface area (Å²) in [6.45, 7) is 3.81. The van der Waals surface area contributed by atoms with E-state index in [4.69, 9.17) is 5.73 Å². The van der Waals surface area contributed by atoms with Crippen molar-refractivity contribution in [2.75, 3.05) is 39.8 Å². The third-order valence-corrected chi connectivity index (χ3v) is 4.00. The van der Waals surface area contributed by atoms with E-state index in [2.05, 4.69) is 16.8 Å². The Hall–Kier alpha value is -1.43. The molecule has 2 atom stereocenters. The highest BCUT2D eigenvalue weighted by Gasteiger charge is 2.29. The summed E-state index contributed by atoms with van der Waals surface area (Å²) < 4.78 is 0. The molecule has 3 N–H and O–H groups in total. The molecule has 2 rings (SSSR count). The first kappa shape index (κ1) is 15.0. The Kier molecular flexibility index (Phi) is 5.11. The second-order valence-electron chi connectivity index (χ2n) is 5.45. The second-order valence-corrected chi connectivity index (χ2v) is 5.45. The molecule has 1 aromatic rings. The van der Waals surface area contributed by atoms with Gasteiger partial charge < -0.3 is 15.7 Å². The molecule has 2 unspecified atom stereocenters. The van der Waals surface area contributed by atoms with Crippen molar-refractivity contribution in [3.8, 4) is 0 Å². The number of rotatable bonds is 5. The van der Waals surface area contributed by atoms with Gasteiger partial charge in [0, 0.05) is 38.8 Å². The molecule has 1 aliphatic rings. The molecular weight excluding hydrogens is 254 g/mol. The number of piperazine rings is 1. The second kappa shape index (κ2) is 6.83. The summed E-state index contributed by atoms with van der Waals surface area (Å²) in [5.74, 6) is -1.26. The molecule has 20 heavy (non-hydrogen) atoms. The fourth-order valence-electron chi connectivity index (χ4n) is 2.76. The van der Waals surface area contributed by atoms with Gasteiger partial charge >= 0.3 is 5.97 Å². The van der Waals surface area contributed by atoms with Crippen LogP contribution in [0.15, 0.2) is 30.3 Å². The zero-order chi connectivity index (χ0) is 14.5. The predicted octanol–water partition coefficient (Wildman–Crippen LogP) is 0.430. The van der Waals surface area contributed by atoms with E-state index in [1.807, 2.05) is 30.3 Å². The van der Waals surface area contributed by atoms with E-state index in [0.717, 1.165) is 25.2 Å². The number of nitrogens with zero attached hydrogens (tertiary/aromatic N) is 2. The average molecular weight is 277 g/mol. The lowest BCUT2D eigenvalue weighted by Gasteiger charge is -2.40. The zero-order valence-corrected chi connectivity index (χ0v) is 11.9. The lowest BCUT2D eigenvalue weighted by Crippen LogP contribution is -2.56. The number of benzene rings is 1. The minimum atomic E-state index is -0.772. The lowest BCUT2D eigenvalue weighted by molar-refractivity contribution is -0.139. The number of carbonyl (C=O) groups is 1. The van der Waals surface area contributed by atoms with Gasteiger partial charge in [0.05, 0.1) is 5.92 Å². The van der Waals surface area contributed by atoms with Crippen molar-refractivity contribution in [2.24, 2.45) is 5.73 Å². The first-order valence-electron chi connectivity index (χ1n) is 7.02. The van der Waals surface area contributed by atoms with Crippen LogP contribution >= 0.6 is 0 Å². The fraction of sp³-hybridized carbons (Fsp3) is 0.533. The summed E-state index contributed by atoms with van der Waals surface area (Å²) in [7, 11) is 2.08. The van der Waals surface area contributed by atoms with Crippen LogP contribution in [0.25, 0.3) is 0 Å². The Labute approximate surface area is 120 Å². The minimum Gasteiger partial charge on any atom is -0.481 e. The molecule has 0 aliphatic carbocycles. The number of carboxylic acid groups (broad SMARTS) is 1. The van der Waals surface area contributed by atoms with Gasteiger partial charge in [0.1, 0.15) is 0 Å². The highest BCUT2D eigenvalue weighted by molar-refractivity contribution is 5.76. The van der Waals surface area contributed by atoms with Crippen molar-refractivity contribution in [3.63, 3.8) is 0 Å². The van der Waals surface area contributed by atoms with Gasteiger partial charge in [-0.1, -0.05) is 30.3 Å². The molecular formula is C15H23N3O2. The Morgan fingerprint density at radius 2 is 2.10 bits per heavy atom. The molecule has 0 amide bonds. The van der Waals surface area contributed by atoms with E-state index in [1.165, 1.54) is 0 Å². The molecule has 0 saturated carbocycles. The Morgan fingerprint density at radius 1 is 1.40 bits per heavy atom. The zero-order valence-electron chi connectivity index (χ0n) is 11.9. The van der Waals surface area contributed by atoms with Gasteiger partial charge in [-0.15, -0.1) is 0 Å². The molecule has 0 aromatic heterocycles. The predicted molar refractivity (Wildman–Crippen MR) is 78.7 cm³/mol. The molecule has 1 fully saturated rings.